The molecule has 0 bridgehead atoms. The van der Waals surface area contributed by atoms with Crippen LogP contribution < -0.4 is 15.5 Å². The van der Waals surface area contributed by atoms with Crippen molar-refractivity contribution in [2.45, 2.75) is 13.0 Å². The summed E-state index contributed by atoms with van der Waals surface area (Å²) in [5.74, 6) is 0.731. The highest BCUT2D eigenvalue weighted by Crippen LogP contribution is 2.18. The van der Waals surface area contributed by atoms with Crippen molar-refractivity contribution in [3.8, 4) is 5.75 Å². The summed E-state index contributed by atoms with van der Waals surface area (Å²) in [5, 5.41) is 1.22. The minimum atomic E-state index is -0.441. The van der Waals surface area contributed by atoms with Gasteiger partial charge in [0.2, 0.25) is 0 Å². The van der Waals surface area contributed by atoms with Gasteiger partial charge in [-0.2, -0.15) is 9.98 Å². The van der Waals surface area contributed by atoms with Gasteiger partial charge in [-0.3, -0.25) is 4.90 Å². The molecular weight excluding hydrogens is 290 g/mol. The first-order valence-electron chi connectivity index (χ1n) is 7.81. The Hall–Kier alpha value is -2.53. The lowest BCUT2D eigenvalue weighted by atomic mass is 10.0. The van der Waals surface area contributed by atoms with Crippen LogP contribution in [0.5, 0.6) is 5.75 Å². The van der Waals surface area contributed by atoms with Gasteiger partial charge in [0.15, 0.2) is 0 Å². The van der Waals surface area contributed by atoms with E-state index < -0.39 is 6.03 Å². The van der Waals surface area contributed by atoms with Crippen LogP contribution in [-0.2, 0) is 13.0 Å². The summed E-state index contributed by atoms with van der Waals surface area (Å²) < 4.78 is 5.80. The minimum Gasteiger partial charge on any atom is -0.492 e. The molecule has 2 heterocycles. The molecule has 2 aromatic carbocycles. The maximum absolute atomic E-state index is 11.2. The molecule has 0 fully saturated rings. The molecule has 0 aromatic heterocycles. The molecule has 0 saturated heterocycles. The highest BCUT2D eigenvalue weighted by Gasteiger charge is 2.15. The Labute approximate surface area is 133 Å². The second-order valence-corrected chi connectivity index (χ2v) is 5.80. The first-order valence-corrected chi connectivity index (χ1v) is 7.81. The standard InChI is InChI=1S/C18H17N3O2/c22-18-19-16-6-5-15(11-17(16)20-18)23-10-9-21-8-7-13-3-1-2-4-14(13)12-21/h1-6,11H,7-10,12H2. The smallest absolute Gasteiger partial charge is 0.368 e. The number of hydrogen-bond acceptors (Lipinski definition) is 3. The van der Waals surface area contributed by atoms with Crippen LogP contribution in [0.3, 0.4) is 0 Å². The summed E-state index contributed by atoms with van der Waals surface area (Å²) in [7, 11) is 0. The third-order valence-corrected chi connectivity index (χ3v) is 4.27. The summed E-state index contributed by atoms with van der Waals surface area (Å²) in [6, 6.07) is 13.6. The van der Waals surface area contributed by atoms with E-state index in [2.05, 4.69) is 39.2 Å². The first kappa shape index (κ1) is 14.1. The Morgan fingerprint density at radius 1 is 1.04 bits per heavy atom. The van der Waals surface area contributed by atoms with Crippen LogP contribution in [-0.4, -0.2) is 30.6 Å². The van der Waals surface area contributed by atoms with Crippen LogP contribution in [0.25, 0.3) is 0 Å². The molecule has 0 unspecified atom stereocenters. The third kappa shape index (κ3) is 3.00. The van der Waals surface area contributed by atoms with Crippen LogP contribution in [0.15, 0.2) is 52.4 Å². The molecule has 0 aliphatic carbocycles. The number of urea groups is 1. The molecule has 0 atom stereocenters. The van der Waals surface area contributed by atoms with Crippen molar-refractivity contribution in [3.63, 3.8) is 0 Å². The largest absolute Gasteiger partial charge is 0.492 e. The molecule has 2 aromatic rings. The second-order valence-electron chi connectivity index (χ2n) is 5.80. The van der Waals surface area contributed by atoms with Crippen molar-refractivity contribution >= 4 is 6.03 Å². The normalized spacial score (nSPS) is 16.3. The highest BCUT2D eigenvalue weighted by molar-refractivity contribution is 5.77. The Kier molecular flexibility index (Phi) is 3.63. The third-order valence-electron chi connectivity index (χ3n) is 4.27. The number of carbonyl (C=O) groups excluding carboxylic acids is 1. The van der Waals surface area contributed by atoms with E-state index in [0.717, 1.165) is 31.8 Å². The summed E-state index contributed by atoms with van der Waals surface area (Å²) >= 11 is 0. The van der Waals surface area contributed by atoms with E-state index >= 15 is 0 Å². The number of carbonyl (C=O) groups is 1. The van der Waals surface area contributed by atoms with Gasteiger partial charge in [0.1, 0.15) is 12.4 Å². The summed E-state index contributed by atoms with van der Waals surface area (Å²) in [4.78, 5) is 21.2. The van der Waals surface area contributed by atoms with Gasteiger partial charge in [0.05, 0.1) is 10.7 Å². The van der Waals surface area contributed by atoms with E-state index in [4.69, 9.17) is 4.74 Å². The summed E-state index contributed by atoms with van der Waals surface area (Å²) in [5.41, 5.74) is 2.87. The number of nitrogens with zero attached hydrogens (tertiary/aromatic N) is 3. The van der Waals surface area contributed by atoms with Crippen LogP contribution in [0.1, 0.15) is 11.1 Å². The minimum absolute atomic E-state index is 0.441. The molecule has 2 aliphatic rings. The molecule has 0 radical (unpaired) electrons. The zero-order valence-electron chi connectivity index (χ0n) is 12.7. The lowest BCUT2D eigenvalue weighted by Crippen LogP contribution is -2.33. The van der Waals surface area contributed by atoms with Crippen molar-refractivity contribution in [1.29, 1.82) is 0 Å². The number of benzene rings is 2. The quantitative estimate of drug-likeness (QED) is 0.860. The fourth-order valence-electron chi connectivity index (χ4n) is 3.05. The number of rotatable bonds is 4. The van der Waals surface area contributed by atoms with E-state index in [9.17, 15) is 4.79 Å². The molecule has 5 nitrogen and oxygen atoms in total. The molecule has 2 amide bonds. The van der Waals surface area contributed by atoms with Crippen molar-refractivity contribution in [2.24, 2.45) is 9.98 Å². The number of amides is 2. The predicted octanol–water partition coefficient (Wildman–Crippen LogP) is 1.50. The van der Waals surface area contributed by atoms with Crippen molar-refractivity contribution in [3.05, 3.63) is 64.3 Å². The van der Waals surface area contributed by atoms with E-state index in [1.54, 1.807) is 12.1 Å². The van der Waals surface area contributed by atoms with E-state index in [-0.39, 0.29) is 0 Å². The lowest BCUT2D eigenvalue weighted by molar-refractivity contribution is 0.196. The molecule has 5 heteroatoms. The Bertz CT molecular complexity index is 876. The van der Waals surface area contributed by atoms with Crippen molar-refractivity contribution in [1.82, 2.24) is 4.90 Å². The zero-order chi connectivity index (χ0) is 15.6. The number of fused-ring (bicyclic) bond motifs is 2. The summed E-state index contributed by atoms with van der Waals surface area (Å²) in [6.45, 7) is 3.54. The van der Waals surface area contributed by atoms with Gasteiger partial charge in [-0.15, -0.1) is 0 Å². The average Bonchev–Trinajstić information content (AvgIpc) is 2.94. The van der Waals surface area contributed by atoms with Crippen LogP contribution >= 0.6 is 0 Å². The van der Waals surface area contributed by atoms with Crippen LogP contribution in [0.4, 0.5) is 4.79 Å². The Morgan fingerprint density at radius 3 is 2.78 bits per heavy atom. The Balaban J connectivity index is 1.35. The maximum atomic E-state index is 11.2. The van der Waals surface area contributed by atoms with Gasteiger partial charge in [-0.05, 0) is 29.7 Å². The van der Waals surface area contributed by atoms with Gasteiger partial charge in [0.25, 0.3) is 0 Å². The van der Waals surface area contributed by atoms with Crippen molar-refractivity contribution in [2.75, 3.05) is 19.7 Å². The average molecular weight is 307 g/mol. The fraction of sp³-hybridized carbons (Fsp3) is 0.278. The Morgan fingerprint density at radius 2 is 1.87 bits per heavy atom. The first-order chi connectivity index (χ1) is 11.3. The predicted molar refractivity (Wildman–Crippen MR) is 85.1 cm³/mol. The molecule has 116 valence electrons. The molecule has 2 aliphatic heterocycles. The topological polar surface area (TPSA) is 54.3 Å². The number of hydrogen-bond donors (Lipinski definition) is 0. The molecule has 0 N–H and O–H groups in total. The monoisotopic (exact) mass is 307 g/mol. The fourth-order valence-corrected chi connectivity index (χ4v) is 3.05. The second kappa shape index (κ2) is 5.93. The van der Waals surface area contributed by atoms with Gasteiger partial charge in [-0.1, -0.05) is 24.3 Å². The maximum Gasteiger partial charge on any atom is 0.368 e. The SMILES string of the molecule is O=C1N=c2ccc(OCCN3CCc4ccccc4C3)cc2=N1. The van der Waals surface area contributed by atoms with E-state index in [0.29, 0.717) is 17.3 Å². The van der Waals surface area contributed by atoms with Crippen molar-refractivity contribution < 1.29 is 9.53 Å². The lowest BCUT2D eigenvalue weighted by Gasteiger charge is -2.28. The molecule has 0 spiro atoms. The van der Waals surface area contributed by atoms with Gasteiger partial charge in [-0.25, -0.2) is 4.79 Å². The molecule has 4 rings (SSSR count). The highest BCUT2D eigenvalue weighted by atomic mass is 16.5. The molecule has 0 saturated carbocycles. The van der Waals surface area contributed by atoms with Gasteiger partial charge < -0.3 is 4.74 Å². The summed E-state index contributed by atoms with van der Waals surface area (Å²) in [6.07, 6.45) is 1.09. The number of ether oxygens (including phenoxy) is 1. The van der Waals surface area contributed by atoms with Gasteiger partial charge >= 0.3 is 6.03 Å². The molecule has 23 heavy (non-hydrogen) atoms. The van der Waals surface area contributed by atoms with Gasteiger partial charge in [0, 0.05) is 25.7 Å². The van der Waals surface area contributed by atoms with Crippen LogP contribution in [0, 0.1) is 0 Å². The van der Waals surface area contributed by atoms with Crippen LogP contribution in [0.2, 0.25) is 0 Å². The van der Waals surface area contributed by atoms with E-state index in [1.165, 1.54) is 11.1 Å². The zero-order valence-corrected chi connectivity index (χ0v) is 12.7. The molecular formula is C18H17N3O2. The van der Waals surface area contributed by atoms with E-state index in [1.807, 2.05) is 6.07 Å².